The van der Waals surface area contributed by atoms with Gasteiger partial charge >= 0.3 is 0 Å². The lowest BCUT2D eigenvalue weighted by Crippen LogP contribution is -2.31. The van der Waals surface area contributed by atoms with E-state index in [2.05, 4.69) is 16.5 Å². The number of benzene rings is 1. The highest BCUT2D eigenvalue weighted by molar-refractivity contribution is 5.85. The van der Waals surface area contributed by atoms with Gasteiger partial charge in [0.05, 0.1) is 11.4 Å². The van der Waals surface area contributed by atoms with Crippen molar-refractivity contribution in [3.05, 3.63) is 47.3 Å². The maximum atomic E-state index is 12.2. The molecule has 0 bridgehead atoms. The SMILES string of the molecule is Cc1cc(C)n(-c2ccccc2CNC(=O)C[C@@H]2CCC[C@H]2N)n1.Cl. The molecule has 1 aliphatic carbocycles. The van der Waals surface area contributed by atoms with Crippen molar-refractivity contribution in [2.24, 2.45) is 11.7 Å². The Morgan fingerprint density at radius 2 is 2.08 bits per heavy atom. The summed E-state index contributed by atoms with van der Waals surface area (Å²) < 4.78 is 1.93. The number of carbonyl (C=O) groups excluding carboxylic acids is 1. The number of nitrogens with one attached hydrogen (secondary N) is 1. The number of rotatable bonds is 5. The number of carbonyl (C=O) groups is 1. The Balaban J connectivity index is 0.00000225. The summed E-state index contributed by atoms with van der Waals surface area (Å²) in [6.07, 6.45) is 3.78. The topological polar surface area (TPSA) is 72.9 Å². The van der Waals surface area contributed by atoms with Gasteiger partial charge in [0.2, 0.25) is 5.91 Å². The van der Waals surface area contributed by atoms with E-state index in [4.69, 9.17) is 5.73 Å². The van der Waals surface area contributed by atoms with Crippen LogP contribution in [0, 0.1) is 19.8 Å². The van der Waals surface area contributed by atoms with E-state index in [1.807, 2.05) is 42.8 Å². The molecule has 1 aromatic carbocycles. The number of amides is 1. The van der Waals surface area contributed by atoms with Gasteiger partial charge in [0, 0.05) is 24.7 Å². The number of halogens is 1. The molecule has 0 saturated heterocycles. The van der Waals surface area contributed by atoms with E-state index in [1.54, 1.807) is 0 Å². The number of para-hydroxylation sites is 1. The summed E-state index contributed by atoms with van der Waals surface area (Å²) in [7, 11) is 0. The number of aryl methyl sites for hydroxylation is 2. The van der Waals surface area contributed by atoms with Crippen molar-refractivity contribution in [2.45, 2.75) is 52.1 Å². The van der Waals surface area contributed by atoms with Gasteiger partial charge < -0.3 is 11.1 Å². The number of nitrogens with zero attached hydrogens (tertiary/aromatic N) is 2. The van der Waals surface area contributed by atoms with Gasteiger partial charge in [-0.05, 0) is 50.3 Å². The molecule has 0 unspecified atom stereocenters. The first-order chi connectivity index (χ1) is 11.5. The minimum absolute atomic E-state index is 0. The normalized spacial score (nSPS) is 19.5. The molecule has 2 aromatic rings. The van der Waals surface area contributed by atoms with Gasteiger partial charge in [0.1, 0.15) is 0 Å². The Labute approximate surface area is 155 Å². The molecule has 1 amide bonds. The molecular formula is C19H27ClN4O. The lowest BCUT2D eigenvalue weighted by Gasteiger charge is -2.16. The van der Waals surface area contributed by atoms with Crippen LogP contribution in [0.25, 0.3) is 5.69 Å². The maximum absolute atomic E-state index is 12.2. The first-order valence-electron chi connectivity index (χ1n) is 8.68. The van der Waals surface area contributed by atoms with Crippen LogP contribution in [-0.2, 0) is 11.3 Å². The van der Waals surface area contributed by atoms with Crippen molar-refractivity contribution < 1.29 is 4.79 Å². The van der Waals surface area contributed by atoms with E-state index in [9.17, 15) is 4.79 Å². The first-order valence-corrected chi connectivity index (χ1v) is 8.68. The summed E-state index contributed by atoms with van der Waals surface area (Å²) >= 11 is 0. The van der Waals surface area contributed by atoms with Crippen LogP contribution in [0.1, 0.15) is 42.6 Å². The zero-order valence-corrected chi connectivity index (χ0v) is 15.7. The maximum Gasteiger partial charge on any atom is 0.220 e. The van der Waals surface area contributed by atoms with E-state index in [0.717, 1.165) is 41.9 Å². The average Bonchev–Trinajstić information content (AvgIpc) is 3.11. The van der Waals surface area contributed by atoms with Gasteiger partial charge in [-0.2, -0.15) is 5.10 Å². The van der Waals surface area contributed by atoms with Crippen molar-refractivity contribution in [2.75, 3.05) is 0 Å². The molecule has 2 atom stereocenters. The molecule has 1 saturated carbocycles. The van der Waals surface area contributed by atoms with Crippen molar-refractivity contribution in [3.63, 3.8) is 0 Å². The van der Waals surface area contributed by atoms with E-state index in [1.165, 1.54) is 0 Å². The lowest BCUT2D eigenvalue weighted by atomic mass is 10.00. The van der Waals surface area contributed by atoms with Crippen molar-refractivity contribution >= 4 is 18.3 Å². The monoisotopic (exact) mass is 362 g/mol. The summed E-state index contributed by atoms with van der Waals surface area (Å²) in [4.78, 5) is 12.2. The standard InChI is InChI=1S/C19H26N4O.ClH/c1-13-10-14(2)23(22-13)18-9-4-3-6-16(18)12-21-19(24)11-15-7-5-8-17(15)20;/h3-4,6,9-10,15,17H,5,7-8,11-12,20H2,1-2H3,(H,21,24);1H/t15-,17+;/m0./s1. The lowest BCUT2D eigenvalue weighted by molar-refractivity contribution is -0.122. The second-order valence-electron chi connectivity index (χ2n) is 6.80. The molecule has 0 spiro atoms. The van der Waals surface area contributed by atoms with Crippen LogP contribution in [0.2, 0.25) is 0 Å². The molecule has 25 heavy (non-hydrogen) atoms. The molecule has 1 fully saturated rings. The van der Waals surface area contributed by atoms with Gasteiger partial charge in [-0.1, -0.05) is 24.6 Å². The average molecular weight is 363 g/mol. The third-order valence-corrected chi connectivity index (χ3v) is 4.87. The Morgan fingerprint density at radius 1 is 1.32 bits per heavy atom. The smallest absolute Gasteiger partial charge is 0.220 e. The highest BCUT2D eigenvalue weighted by Crippen LogP contribution is 2.26. The minimum Gasteiger partial charge on any atom is -0.352 e. The van der Waals surface area contributed by atoms with Crippen LogP contribution < -0.4 is 11.1 Å². The van der Waals surface area contributed by atoms with E-state index < -0.39 is 0 Å². The number of nitrogens with two attached hydrogens (primary N) is 1. The summed E-state index contributed by atoms with van der Waals surface area (Å²) in [5.41, 5.74) is 10.2. The van der Waals surface area contributed by atoms with Crippen molar-refractivity contribution in [1.82, 2.24) is 15.1 Å². The van der Waals surface area contributed by atoms with E-state index in [-0.39, 0.29) is 24.4 Å². The zero-order chi connectivity index (χ0) is 17.1. The van der Waals surface area contributed by atoms with Crippen molar-refractivity contribution in [3.8, 4) is 5.69 Å². The van der Waals surface area contributed by atoms with E-state index >= 15 is 0 Å². The first kappa shape index (κ1) is 19.5. The minimum atomic E-state index is 0. The predicted octanol–water partition coefficient (Wildman–Crippen LogP) is 3.04. The molecule has 3 rings (SSSR count). The van der Waals surface area contributed by atoms with Gasteiger partial charge in [-0.15, -0.1) is 12.4 Å². The molecule has 0 radical (unpaired) electrons. The van der Waals surface area contributed by atoms with Gasteiger partial charge in [-0.25, -0.2) is 4.68 Å². The fraction of sp³-hybridized carbons (Fsp3) is 0.474. The largest absolute Gasteiger partial charge is 0.352 e. The molecular weight excluding hydrogens is 336 g/mol. The summed E-state index contributed by atoms with van der Waals surface area (Å²) in [5.74, 6) is 0.414. The molecule has 136 valence electrons. The molecule has 1 aromatic heterocycles. The van der Waals surface area contributed by atoms with Crippen LogP contribution in [-0.4, -0.2) is 21.7 Å². The second-order valence-corrected chi connectivity index (χ2v) is 6.80. The summed E-state index contributed by atoms with van der Waals surface area (Å²) in [6, 6.07) is 10.3. The van der Waals surface area contributed by atoms with Gasteiger partial charge in [0.25, 0.3) is 0 Å². The van der Waals surface area contributed by atoms with Gasteiger partial charge in [-0.3, -0.25) is 4.79 Å². The zero-order valence-electron chi connectivity index (χ0n) is 14.9. The second kappa shape index (κ2) is 8.50. The number of aromatic nitrogens is 2. The Hall–Kier alpha value is -1.85. The Kier molecular flexibility index (Phi) is 6.62. The van der Waals surface area contributed by atoms with Crippen LogP contribution in [0.3, 0.4) is 0 Å². The van der Waals surface area contributed by atoms with Crippen LogP contribution in [0.4, 0.5) is 0 Å². The van der Waals surface area contributed by atoms with E-state index in [0.29, 0.717) is 18.9 Å². The number of hydrogen-bond acceptors (Lipinski definition) is 3. The quantitative estimate of drug-likeness (QED) is 0.858. The fourth-order valence-corrected chi connectivity index (χ4v) is 3.56. The number of hydrogen-bond donors (Lipinski definition) is 2. The summed E-state index contributed by atoms with van der Waals surface area (Å²) in [6.45, 7) is 4.53. The highest BCUT2D eigenvalue weighted by atomic mass is 35.5. The van der Waals surface area contributed by atoms with Crippen molar-refractivity contribution in [1.29, 1.82) is 0 Å². The molecule has 3 N–H and O–H groups in total. The van der Waals surface area contributed by atoms with Crippen LogP contribution in [0.5, 0.6) is 0 Å². The Bertz CT molecular complexity index is 728. The molecule has 0 aliphatic heterocycles. The third kappa shape index (κ3) is 4.61. The predicted molar refractivity (Wildman–Crippen MR) is 102 cm³/mol. The molecule has 5 nitrogen and oxygen atoms in total. The molecule has 6 heteroatoms. The third-order valence-electron chi connectivity index (χ3n) is 4.87. The fourth-order valence-electron chi connectivity index (χ4n) is 3.56. The highest BCUT2D eigenvalue weighted by Gasteiger charge is 2.25. The van der Waals surface area contributed by atoms with Gasteiger partial charge in [0.15, 0.2) is 0 Å². The van der Waals surface area contributed by atoms with Crippen LogP contribution >= 0.6 is 12.4 Å². The molecule has 1 aliphatic rings. The molecule has 1 heterocycles. The Morgan fingerprint density at radius 3 is 2.72 bits per heavy atom. The summed E-state index contributed by atoms with van der Waals surface area (Å²) in [5, 5.41) is 7.60. The van der Waals surface area contributed by atoms with Crippen LogP contribution in [0.15, 0.2) is 30.3 Å².